The fourth-order valence-electron chi connectivity index (χ4n) is 2.53. The number of carbonyl (C=O) groups is 2. The van der Waals surface area contributed by atoms with Gasteiger partial charge in [0.05, 0.1) is 0 Å². The summed E-state index contributed by atoms with van der Waals surface area (Å²) < 4.78 is 0. The van der Waals surface area contributed by atoms with Crippen LogP contribution in [0.1, 0.15) is 46.5 Å². The maximum atomic E-state index is 12.4. The van der Waals surface area contributed by atoms with E-state index in [1.54, 1.807) is 13.8 Å². The zero-order valence-corrected chi connectivity index (χ0v) is 11.0. The Labute approximate surface area is 103 Å². The molecule has 17 heavy (non-hydrogen) atoms. The summed E-state index contributed by atoms with van der Waals surface area (Å²) in [6, 6.07) is 0.252. The van der Waals surface area contributed by atoms with E-state index in [9.17, 15) is 9.59 Å². The molecule has 0 aromatic rings. The molecule has 1 saturated heterocycles. The summed E-state index contributed by atoms with van der Waals surface area (Å²) in [6.07, 6.45) is 4.10. The van der Waals surface area contributed by atoms with Crippen molar-refractivity contribution in [3.8, 4) is 0 Å². The number of nitrogens with zero attached hydrogens (tertiary/aromatic N) is 1. The van der Waals surface area contributed by atoms with Crippen molar-refractivity contribution in [2.24, 2.45) is 5.92 Å². The van der Waals surface area contributed by atoms with Crippen LogP contribution in [-0.4, -0.2) is 34.8 Å². The largest absolute Gasteiger partial charge is 0.342 e. The van der Waals surface area contributed by atoms with Crippen LogP contribution in [-0.2, 0) is 9.59 Å². The van der Waals surface area contributed by atoms with Crippen LogP contribution in [0.2, 0.25) is 0 Å². The van der Waals surface area contributed by atoms with Gasteiger partial charge in [-0.3, -0.25) is 9.59 Å². The van der Waals surface area contributed by atoms with Crippen LogP contribution >= 0.6 is 0 Å². The number of amides is 2. The maximum absolute atomic E-state index is 12.4. The molecular weight excluding hydrogens is 216 g/mol. The number of carbonyl (C=O) groups excluding carboxylic acids is 2. The molecule has 96 valence electrons. The summed E-state index contributed by atoms with van der Waals surface area (Å²) in [6.45, 7) is 6.23. The molecule has 2 amide bonds. The molecule has 0 radical (unpaired) electrons. The number of rotatable bonds is 3. The van der Waals surface area contributed by atoms with E-state index in [1.807, 2.05) is 4.90 Å². The Morgan fingerprint density at radius 1 is 1.41 bits per heavy atom. The topological polar surface area (TPSA) is 49.4 Å². The van der Waals surface area contributed by atoms with Gasteiger partial charge in [-0.25, -0.2) is 0 Å². The van der Waals surface area contributed by atoms with Gasteiger partial charge in [0.15, 0.2) is 0 Å². The summed E-state index contributed by atoms with van der Waals surface area (Å²) in [4.78, 5) is 25.8. The van der Waals surface area contributed by atoms with Crippen LogP contribution in [0.4, 0.5) is 0 Å². The van der Waals surface area contributed by atoms with E-state index < -0.39 is 5.54 Å². The van der Waals surface area contributed by atoms with Crippen molar-refractivity contribution in [1.29, 1.82) is 0 Å². The van der Waals surface area contributed by atoms with Crippen LogP contribution in [0.25, 0.3) is 0 Å². The Kier molecular flexibility index (Phi) is 3.15. The van der Waals surface area contributed by atoms with E-state index in [0.717, 1.165) is 12.3 Å². The lowest BCUT2D eigenvalue weighted by Gasteiger charge is -2.33. The Bertz CT molecular complexity index is 334. The Balaban J connectivity index is 2.08. The predicted octanol–water partition coefficient (Wildman–Crippen LogP) is 1.30. The Morgan fingerprint density at radius 3 is 2.65 bits per heavy atom. The molecule has 4 nitrogen and oxygen atoms in total. The highest BCUT2D eigenvalue weighted by Gasteiger charge is 2.39. The molecule has 0 aromatic carbocycles. The quantitative estimate of drug-likeness (QED) is 0.805. The molecule has 1 aliphatic carbocycles. The van der Waals surface area contributed by atoms with Gasteiger partial charge in [-0.1, -0.05) is 12.8 Å². The fraction of sp³-hybridized carbons (Fsp3) is 0.846. The maximum Gasteiger partial charge on any atom is 0.247 e. The van der Waals surface area contributed by atoms with Crippen LogP contribution in [0, 0.1) is 5.92 Å². The van der Waals surface area contributed by atoms with Gasteiger partial charge in [0, 0.05) is 19.0 Å². The van der Waals surface area contributed by atoms with Crippen molar-refractivity contribution in [2.45, 2.75) is 58.0 Å². The van der Waals surface area contributed by atoms with Gasteiger partial charge in [-0.05, 0) is 33.1 Å². The number of nitrogens with one attached hydrogen (secondary N) is 1. The van der Waals surface area contributed by atoms with Gasteiger partial charge in [-0.15, -0.1) is 0 Å². The molecule has 0 bridgehead atoms. The highest BCUT2D eigenvalue weighted by atomic mass is 16.2. The van der Waals surface area contributed by atoms with E-state index in [4.69, 9.17) is 0 Å². The highest BCUT2D eigenvalue weighted by molar-refractivity contribution is 5.92. The van der Waals surface area contributed by atoms with Crippen molar-refractivity contribution in [1.82, 2.24) is 10.2 Å². The van der Waals surface area contributed by atoms with Crippen molar-refractivity contribution in [3.05, 3.63) is 0 Å². The third kappa shape index (κ3) is 2.79. The van der Waals surface area contributed by atoms with Gasteiger partial charge >= 0.3 is 0 Å². The van der Waals surface area contributed by atoms with E-state index in [2.05, 4.69) is 12.2 Å². The first kappa shape index (κ1) is 12.4. The van der Waals surface area contributed by atoms with Crippen molar-refractivity contribution in [2.75, 3.05) is 6.54 Å². The molecule has 1 atom stereocenters. The Hall–Kier alpha value is -1.06. The monoisotopic (exact) mass is 238 g/mol. The minimum atomic E-state index is -0.759. The molecule has 1 heterocycles. The molecule has 0 aromatic heterocycles. The van der Waals surface area contributed by atoms with E-state index in [1.165, 1.54) is 12.8 Å². The van der Waals surface area contributed by atoms with Crippen molar-refractivity contribution >= 4 is 11.8 Å². The second-order valence-corrected chi connectivity index (χ2v) is 5.95. The average molecular weight is 238 g/mol. The number of hydrogen-bond donors (Lipinski definition) is 1. The average Bonchev–Trinajstić information content (AvgIpc) is 3.00. The van der Waals surface area contributed by atoms with Crippen molar-refractivity contribution < 1.29 is 9.59 Å². The van der Waals surface area contributed by atoms with E-state index in [0.29, 0.717) is 13.0 Å². The van der Waals surface area contributed by atoms with Gasteiger partial charge < -0.3 is 10.2 Å². The third-order valence-corrected chi connectivity index (χ3v) is 3.73. The molecule has 1 saturated carbocycles. The molecule has 2 fully saturated rings. The van der Waals surface area contributed by atoms with Crippen LogP contribution < -0.4 is 5.32 Å². The van der Waals surface area contributed by atoms with E-state index in [-0.39, 0.29) is 17.9 Å². The first-order valence-electron chi connectivity index (χ1n) is 6.52. The molecule has 0 spiro atoms. The SMILES string of the molecule is CC(CC1CC1)N1CCC(=O)NC(C)(C)C1=O. The summed E-state index contributed by atoms with van der Waals surface area (Å²) in [5.41, 5.74) is -0.759. The predicted molar refractivity (Wildman–Crippen MR) is 65.4 cm³/mol. The lowest BCUT2D eigenvalue weighted by Crippen LogP contribution is -2.54. The summed E-state index contributed by atoms with van der Waals surface area (Å²) in [7, 11) is 0. The Morgan fingerprint density at radius 2 is 2.06 bits per heavy atom. The summed E-state index contributed by atoms with van der Waals surface area (Å²) in [5.74, 6) is 0.828. The lowest BCUT2D eigenvalue weighted by molar-refractivity contribution is -0.139. The van der Waals surface area contributed by atoms with E-state index >= 15 is 0 Å². The third-order valence-electron chi connectivity index (χ3n) is 3.73. The van der Waals surface area contributed by atoms with Gasteiger partial charge in [-0.2, -0.15) is 0 Å². The zero-order chi connectivity index (χ0) is 12.6. The molecular formula is C13H22N2O2. The smallest absolute Gasteiger partial charge is 0.247 e. The van der Waals surface area contributed by atoms with Crippen LogP contribution in [0.5, 0.6) is 0 Å². The normalized spacial score (nSPS) is 26.4. The highest BCUT2D eigenvalue weighted by Crippen LogP contribution is 2.35. The minimum Gasteiger partial charge on any atom is -0.342 e. The minimum absolute atomic E-state index is 0.0236. The van der Waals surface area contributed by atoms with Gasteiger partial charge in [0.1, 0.15) is 5.54 Å². The second-order valence-electron chi connectivity index (χ2n) is 5.95. The second kappa shape index (κ2) is 4.31. The van der Waals surface area contributed by atoms with Gasteiger partial charge in [0.25, 0.3) is 0 Å². The van der Waals surface area contributed by atoms with Crippen molar-refractivity contribution in [3.63, 3.8) is 0 Å². The molecule has 2 aliphatic rings. The van der Waals surface area contributed by atoms with Gasteiger partial charge in [0.2, 0.25) is 11.8 Å². The molecule has 4 heteroatoms. The molecule has 1 unspecified atom stereocenters. The lowest BCUT2D eigenvalue weighted by atomic mass is 10.0. The standard InChI is InChI=1S/C13H22N2O2/c1-9(8-10-4-5-10)15-7-6-11(16)14-13(2,3)12(15)17/h9-10H,4-8H2,1-3H3,(H,14,16). The fourth-order valence-corrected chi connectivity index (χ4v) is 2.53. The van der Waals surface area contributed by atoms with Crippen LogP contribution in [0.3, 0.4) is 0 Å². The molecule has 2 rings (SSSR count). The first-order chi connectivity index (χ1) is 7.90. The first-order valence-corrected chi connectivity index (χ1v) is 6.52. The summed E-state index contributed by atoms with van der Waals surface area (Å²) in [5, 5.41) is 2.79. The molecule has 1 N–H and O–H groups in total. The molecule has 1 aliphatic heterocycles. The summed E-state index contributed by atoms with van der Waals surface area (Å²) >= 11 is 0. The van der Waals surface area contributed by atoms with Crippen LogP contribution in [0.15, 0.2) is 0 Å². The number of hydrogen-bond acceptors (Lipinski definition) is 2. The zero-order valence-electron chi connectivity index (χ0n) is 11.0.